The van der Waals surface area contributed by atoms with Crippen LogP contribution in [0.25, 0.3) is 33.8 Å². The lowest BCUT2D eigenvalue weighted by Crippen LogP contribution is -2.37. The molecule has 1 amide bonds. The molecule has 2 N–H and O–H groups in total. The second kappa shape index (κ2) is 17.2. The Kier molecular flexibility index (Phi) is 11.7. The van der Waals surface area contributed by atoms with E-state index in [9.17, 15) is 29.4 Å². The number of carboxylic acids is 2. The van der Waals surface area contributed by atoms with Gasteiger partial charge in [0.2, 0.25) is 0 Å². The van der Waals surface area contributed by atoms with Crippen molar-refractivity contribution in [2.75, 3.05) is 11.4 Å². The summed E-state index contributed by atoms with van der Waals surface area (Å²) in [6, 6.07) is 30.6. The maximum atomic E-state index is 14.0. The Morgan fingerprint density at radius 3 is 2.39 bits per heavy atom. The fourth-order valence-corrected chi connectivity index (χ4v) is 12.4. The highest BCUT2D eigenvalue weighted by Gasteiger charge is 2.43. The molecule has 0 spiro atoms. The number of rotatable bonds is 12. The summed E-state index contributed by atoms with van der Waals surface area (Å²) in [6.07, 6.45) is 8.34. The molecule has 5 aromatic rings. The molecule has 4 aromatic carbocycles. The number of nitrogens with zero attached hydrogens (tertiary/aromatic N) is 3. The van der Waals surface area contributed by atoms with Gasteiger partial charge in [0.15, 0.2) is 0 Å². The minimum absolute atomic E-state index is 0.104. The number of thioether (sulfide) groups is 1. The number of thiol groups is 1. The fraction of sp³-hybridized carbons (Fsp3) is 0.286. The van der Waals surface area contributed by atoms with E-state index in [0.29, 0.717) is 33.4 Å². The first kappa shape index (κ1) is 42.1. The van der Waals surface area contributed by atoms with E-state index in [1.54, 1.807) is 13.0 Å². The number of thiazole rings is 1. The van der Waals surface area contributed by atoms with E-state index < -0.39 is 35.9 Å². The summed E-state index contributed by atoms with van der Waals surface area (Å²) in [4.78, 5) is 55.7. The largest absolute Gasteiger partial charge is 0.481 e. The Bertz CT molecular complexity index is 2900. The molecule has 13 heteroatoms. The second-order valence-electron chi connectivity index (χ2n) is 16.6. The number of aliphatic carboxylic acids is 2. The number of amides is 1. The van der Waals surface area contributed by atoms with Crippen molar-refractivity contribution in [3.63, 3.8) is 0 Å². The number of anilines is 2. The first-order valence-electron chi connectivity index (χ1n) is 21.0. The van der Waals surface area contributed by atoms with Gasteiger partial charge >= 0.3 is 11.9 Å². The van der Waals surface area contributed by atoms with E-state index in [2.05, 4.69) is 102 Å². The van der Waals surface area contributed by atoms with Gasteiger partial charge in [0, 0.05) is 35.6 Å². The molecule has 2 aliphatic carbocycles. The molecule has 316 valence electrons. The summed E-state index contributed by atoms with van der Waals surface area (Å²) in [5.41, 5.74) is 12.3. The van der Waals surface area contributed by atoms with Gasteiger partial charge in [-0.3, -0.25) is 28.6 Å². The Hall–Kier alpha value is -5.21. The van der Waals surface area contributed by atoms with Crippen LogP contribution in [-0.4, -0.2) is 54.4 Å². The van der Waals surface area contributed by atoms with Gasteiger partial charge in [0.05, 0.1) is 10.5 Å². The van der Waals surface area contributed by atoms with Gasteiger partial charge in [-0.2, -0.15) is 12.6 Å². The van der Waals surface area contributed by atoms with E-state index in [1.807, 2.05) is 13.0 Å². The summed E-state index contributed by atoms with van der Waals surface area (Å²) in [6.45, 7) is 3.23. The number of aromatic nitrogens is 1. The van der Waals surface area contributed by atoms with Crippen LogP contribution in [0.1, 0.15) is 85.3 Å². The maximum absolute atomic E-state index is 14.0. The SMILES string of the molecule is CCC(CC(C)C(=O)O)CN1C(=O)/C(=c2\s/c(=C\c3ccc4c(c3)C3CCCC3N4c3ccc4c(c3)/C(=C/c3ccc(CS)cc3)c3ccccc3-4)c(=O)n2CC(=O)O)SC1=S. The van der Waals surface area contributed by atoms with Crippen LogP contribution in [0.2, 0.25) is 0 Å². The average Bonchev–Trinajstić information content (AvgIpc) is 4.06. The molecule has 4 atom stereocenters. The first-order valence-corrected chi connectivity index (χ1v) is 23.6. The van der Waals surface area contributed by atoms with Crippen molar-refractivity contribution in [2.24, 2.45) is 11.8 Å². The number of fused-ring (bicyclic) bond motifs is 6. The lowest BCUT2D eigenvalue weighted by molar-refractivity contribution is -0.142. The van der Waals surface area contributed by atoms with Gasteiger partial charge in [-0.15, -0.1) is 11.3 Å². The zero-order valence-electron chi connectivity index (χ0n) is 34.2. The molecule has 1 saturated carbocycles. The zero-order valence-corrected chi connectivity index (χ0v) is 37.6. The van der Waals surface area contributed by atoms with Gasteiger partial charge < -0.3 is 15.1 Å². The van der Waals surface area contributed by atoms with E-state index >= 15 is 0 Å². The zero-order chi connectivity index (χ0) is 43.4. The van der Waals surface area contributed by atoms with Crippen LogP contribution in [0.15, 0.2) is 89.7 Å². The number of hydrogen-bond acceptors (Lipinski definition) is 9. The Balaban J connectivity index is 1.07. The number of thiocarbonyl (C=S) groups is 1. The molecule has 4 aliphatic rings. The van der Waals surface area contributed by atoms with E-state index in [1.165, 1.54) is 43.9 Å². The van der Waals surface area contributed by atoms with Crippen LogP contribution in [0.5, 0.6) is 0 Å². The molecule has 62 heavy (non-hydrogen) atoms. The van der Waals surface area contributed by atoms with Crippen molar-refractivity contribution in [1.82, 2.24) is 9.47 Å². The van der Waals surface area contributed by atoms with Gasteiger partial charge in [-0.1, -0.05) is 111 Å². The Labute approximate surface area is 378 Å². The summed E-state index contributed by atoms with van der Waals surface area (Å²) in [5.74, 6) is -2.18. The molecule has 0 radical (unpaired) electrons. The average molecular weight is 900 g/mol. The summed E-state index contributed by atoms with van der Waals surface area (Å²) in [7, 11) is 0. The van der Waals surface area contributed by atoms with E-state index in [-0.39, 0.29) is 28.1 Å². The highest BCUT2D eigenvalue weighted by Crippen LogP contribution is 2.54. The molecule has 0 bridgehead atoms. The van der Waals surface area contributed by atoms with Crippen molar-refractivity contribution in [3.8, 4) is 11.1 Å². The van der Waals surface area contributed by atoms with Crippen molar-refractivity contribution in [3.05, 3.63) is 138 Å². The third-order valence-corrected chi connectivity index (χ3v) is 15.8. The van der Waals surface area contributed by atoms with E-state index in [4.69, 9.17) is 12.2 Å². The van der Waals surface area contributed by atoms with Crippen LogP contribution in [-0.2, 0) is 26.7 Å². The van der Waals surface area contributed by atoms with Crippen molar-refractivity contribution < 1.29 is 24.6 Å². The predicted octanol–water partition coefficient (Wildman–Crippen LogP) is 8.72. The summed E-state index contributed by atoms with van der Waals surface area (Å²) >= 11 is 12.2. The normalized spacial score (nSPS) is 20.4. The van der Waals surface area contributed by atoms with Crippen LogP contribution >= 0.6 is 47.9 Å². The molecule has 9 rings (SSSR count). The van der Waals surface area contributed by atoms with E-state index in [0.717, 1.165) is 69.4 Å². The third kappa shape index (κ3) is 7.67. The molecule has 9 nitrogen and oxygen atoms in total. The Morgan fingerprint density at radius 2 is 1.66 bits per heavy atom. The van der Waals surface area contributed by atoms with Gasteiger partial charge in [-0.25, -0.2) is 0 Å². The molecule has 4 unspecified atom stereocenters. The fourth-order valence-electron chi connectivity index (χ4n) is 9.61. The lowest BCUT2D eigenvalue weighted by Gasteiger charge is -2.28. The number of hydrogen-bond donors (Lipinski definition) is 3. The van der Waals surface area contributed by atoms with Crippen molar-refractivity contribution in [2.45, 2.75) is 70.2 Å². The van der Waals surface area contributed by atoms with Crippen molar-refractivity contribution in [1.29, 1.82) is 0 Å². The van der Waals surface area contributed by atoms with Gasteiger partial charge in [-0.05, 0) is 112 Å². The van der Waals surface area contributed by atoms with Gasteiger partial charge in [0.25, 0.3) is 11.5 Å². The van der Waals surface area contributed by atoms with Crippen LogP contribution in [0.3, 0.4) is 0 Å². The number of carbonyl (C=O) groups excluding carboxylic acids is 1. The standard InChI is InChI=1S/C49H45N3O6S4/c1-3-28(19-27(2)48(57)58)24-51-46(56)44(62-49(51)60)47-50(25-43(53)54)45(55)42(61-47)22-31-15-18-41-39(21-31)36-9-6-10-40(36)52(41)32-16-17-35-33-7-4-5-8-34(33)37(38(35)23-32)20-29-11-13-30(26-59)14-12-29/h4-5,7-8,11-18,20-23,27-28,36,40,59H,3,6,9-10,19,24-26H2,1-2H3,(H,53,54)(H,57,58)/b37-20+,42-22-,47-44+. The quantitative estimate of drug-likeness (QED) is 0.0819. The minimum Gasteiger partial charge on any atom is -0.481 e. The summed E-state index contributed by atoms with van der Waals surface area (Å²) in [5, 5.41) is 19.3. The molecular weight excluding hydrogens is 855 g/mol. The van der Waals surface area contributed by atoms with Crippen LogP contribution in [0, 0.1) is 11.8 Å². The van der Waals surface area contributed by atoms with Gasteiger partial charge in [0.1, 0.15) is 20.4 Å². The number of benzene rings is 4. The topological polar surface area (TPSA) is 120 Å². The first-order chi connectivity index (χ1) is 29.9. The number of carbonyl (C=O) groups is 3. The van der Waals surface area contributed by atoms with Crippen molar-refractivity contribution >= 4 is 104 Å². The monoisotopic (exact) mass is 899 g/mol. The molecule has 1 saturated heterocycles. The van der Waals surface area contributed by atoms with Crippen LogP contribution in [0.4, 0.5) is 11.4 Å². The number of carboxylic acid groups (broad SMARTS) is 2. The predicted molar refractivity (Wildman–Crippen MR) is 256 cm³/mol. The lowest BCUT2D eigenvalue weighted by atomic mass is 9.93. The highest BCUT2D eigenvalue weighted by molar-refractivity contribution is 8.30. The smallest absolute Gasteiger partial charge is 0.323 e. The molecular formula is C49H45N3O6S4. The second-order valence-corrected chi connectivity index (χ2v) is 19.6. The third-order valence-electron chi connectivity index (χ3n) is 12.7. The molecule has 2 aliphatic heterocycles. The maximum Gasteiger partial charge on any atom is 0.323 e. The summed E-state index contributed by atoms with van der Waals surface area (Å²) < 4.78 is 2.03. The Morgan fingerprint density at radius 1 is 0.919 bits per heavy atom. The van der Waals surface area contributed by atoms with Crippen LogP contribution < -0.4 is 19.7 Å². The molecule has 3 heterocycles. The highest BCUT2D eigenvalue weighted by atomic mass is 32.2. The molecule has 2 fully saturated rings. The minimum atomic E-state index is -1.20. The molecule has 1 aromatic heterocycles.